The minimum atomic E-state index is -0.818. The Labute approximate surface area is 170 Å². The van der Waals surface area contributed by atoms with Gasteiger partial charge in [0, 0.05) is 6.07 Å². The van der Waals surface area contributed by atoms with Gasteiger partial charge in [-0.1, -0.05) is 17.3 Å². The van der Waals surface area contributed by atoms with E-state index in [1.807, 2.05) is 0 Å². The normalized spacial score (nSPS) is 10.5. The van der Waals surface area contributed by atoms with Crippen molar-refractivity contribution in [2.75, 3.05) is 11.9 Å². The number of anilines is 1. The van der Waals surface area contributed by atoms with Gasteiger partial charge in [0.25, 0.3) is 5.91 Å². The molecule has 9 heteroatoms. The Balaban J connectivity index is 1.61. The monoisotopic (exact) mass is 416 g/mol. The number of hydrogen-bond donors (Lipinski definition) is 1. The fourth-order valence-corrected chi connectivity index (χ4v) is 2.61. The molecule has 1 amide bonds. The first-order chi connectivity index (χ1) is 14.3. The van der Waals surface area contributed by atoms with Crippen LogP contribution in [0.3, 0.4) is 0 Å². The number of halogens is 2. The first-order valence-electron chi connectivity index (χ1n) is 8.90. The van der Waals surface area contributed by atoms with E-state index in [0.29, 0.717) is 11.5 Å². The molecule has 0 fully saturated rings. The molecule has 0 unspecified atom stereocenters. The molecule has 0 aliphatic rings. The summed E-state index contributed by atoms with van der Waals surface area (Å²) in [5.74, 6) is -2.30. The lowest BCUT2D eigenvalue weighted by Crippen LogP contribution is -2.21. The number of para-hydroxylation sites is 1. The van der Waals surface area contributed by atoms with Crippen LogP contribution in [0.1, 0.15) is 27.4 Å². The standard InChI is InChI=1S/C21H18F2N2O5/c1-12-16(13(2)30-25-12)10-28-19-6-4-3-5-15(19)21(27)29-11-20(26)24-18-9-14(22)7-8-17(18)23/h3-9H,10-11H2,1-2H3,(H,24,26). The molecule has 1 N–H and O–H groups in total. The number of nitrogens with zero attached hydrogens (tertiary/aromatic N) is 1. The molecule has 7 nitrogen and oxygen atoms in total. The van der Waals surface area contributed by atoms with Crippen LogP contribution < -0.4 is 10.1 Å². The molecule has 0 aliphatic heterocycles. The van der Waals surface area contributed by atoms with Crippen molar-refractivity contribution in [1.29, 1.82) is 0 Å². The maximum atomic E-state index is 13.6. The zero-order valence-electron chi connectivity index (χ0n) is 16.2. The summed E-state index contributed by atoms with van der Waals surface area (Å²) in [6.07, 6.45) is 0. The van der Waals surface area contributed by atoms with Crippen LogP contribution in [0.25, 0.3) is 0 Å². The van der Waals surface area contributed by atoms with Crippen LogP contribution >= 0.6 is 0 Å². The van der Waals surface area contributed by atoms with Crippen LogP contribution in [0.4, 0.5) is 14.5 Å². The largest absolute Gasteiger partial charge is 0.488 e. The van der Waals surface area contributed by atoms with Crippen molar-refractivity contribution >= 4 is 17.6 Å². The van der Waals surface area contributed by atoms with E-state index >= 15 is 0 Å². The Morgan fingerprint density at radius 3 is 2.63 bits per heavy atom. The van der Waals surface area contributed by atoms with Crippen LogP contribution in [0.2, 0.25) is 0 Å². The highest BCUT2D eigenvalue weighted by Crippen LogP contribution is 2.22. The van der Waals surface area contributed by atoms with Crippen LogP contribution in [-0.2, 0) is 16.1 Å². The number of esters is 1. The second-order valence-electron chi connectivity index (χ2n) is 6.34. The average molecular weight is 416 g/mol. The molecule has 30 heavy (non-hydrogen) atoms. The summed E-state index contributed by atoms with van der Waals surface area (Å²) in [5.41, 5.74) is 1.19. The van der Waals surface area contributed by atoms with Crippen molar-refractivity contribution in [3.63, 3.8) is 0 Å². The van der Waals surface area contributed by atoms with Gasteiger partial charge < -0.3 is 19.3 Å². The van der Waals surface area contributed by atoms with Gasteiger partial charge in [0.05, 0.1) is 16.9 Å². The van der Waals surface area contributed by atoms with Gasteiger partial charge in [-0.05, 0) is 38.1 Å². The number of carbonyl (C=O) groups excluding carboxylic acids is 2. The predicted molar refractivity (Wildman–Crippen MR) is 102 cm³/mol. The van der Waals surface area contributed by atoms with Gasteiger partial charge in [-0.15, -0.1) is 0 Å². The highest BCUT2D eigenvalue weighted by atomic mass is 19.1. The second-order valence-corrected chi connectivity index (χ2v) is 6.34. The molecule has 3 aromatic rings. The number of benzene rings is 2. The van der Waals surface area contributed by atoms with E-state index in [1.54, 1.807) is 32.0 Å². The molecule has 2 aromatic carbocycles. The summed E-state index contributed by atoms with van der Waals surface area (Å²) < 4.78 is 42.5. The molecule has 0 radical (unpaired) electrons. The van der Waals surface area contributed by atoms with E-state index in [9.17, 15) is 18.4 Å². The lowest BCUT2D eigenvalue weighted by Gasteiger charge is -2.11. The minimum absolute atomic E-state index is 0.106. The highest BCUT2D eigenvalue weighted by Gasteiger charge is 2.17. The molecule has 156 valence electrons. The predicted octanol–water partition coefficient (Wildman–Crippen LogP) is 3.94. The molecule has 3 rings (SSSR count). The van der Waals surface area contributed by atoms with Crippen molar-refractivity contribution in [2.24, 2.45) is 0 Å². The minimum Gasteiger partial charge on any atom is -0.488 e. The SMILES string of the molecule is Cc1noc(C)c1COc1ccccc1C(=O)OCC(=O)Nc1cc(F)ccc1F. The Kier molecular flexibility index (Phi) is 6.41. The van der Waals surface area contributed by atoms with E-state index in [4.69, 9.17) is 14.0 Å². The zero-order valence-corrected chi connectivity index (χ0v) is 16.2. The van der Waals surface area contributed by atoms with E-state index < -0.39 is 30.1 Å². The first-order valence-corrected chi connectivity index (χ1v) is 8.90. The molecule has 1 aromatic heterocycles. The summed E-state index contributed by atoms with van der Waals surface area (Å²) >= 11 is 0. The summed E-state index contributed by atoms with van der Waals surface area (Å²) in [5, 5.41) is 5.99. The van der Waals surface area contributed by atoms with Gasteiger partial charge in [-0.2, -0.15) is 0 Å². The smallest absolute Gasteiger partial charge is 0.342 e. The number of aryl methyl sites for hydroxylation is 2. The fourth-order valence-electron chi connectivity index (χ4n) is 2.61. The lowest BCUT2D eigenvalue weighted by atomic mass is 10.2. The summed E-state index contributed by atoms with van der Waals surface area (Å²) in [7, 11) is 0. The summed E-state index contributed by atoms with van der Waals surface area (Å²) in [6, 6.07) is 8.98. The van der Waals surface area contributed by atoms with Crippen molar-refractivity contribution in [3.8, 4) is 5.75 Å². The van der Waals surface area contributed by atoms with Gasteiger partial charge in [0.1, 0.15) is 35.3 Å². The maximum Gasteiger partial charge on any atom is 0.342 e. The molecule has 0 aliphatic carbocycles. The van der Waals surface area contributed by atoms with Gasteiger partial charge in [-0.3, -0.25) is 4.79 Å². The Bertz CT molecular complexity index is 1060. The number of aromatic nitrogens is 1. The van der Waals surface area contributed by atoms with E-state index in [-0.39, 0.29) is 23.6 Å². The third-order valence-electron chi connectivity index (χ3n) is 4.20. The lowest BCUT2D eigenvalue weighted by molar-refractivity contribution is -0.119. The topological polar surface area (TPSA) is 90.7 Å². The van der Waals surface area contributed by atoms with E-state index in [2.05, 4.69) is 10.5 Å². The number of rotatable bonds is 7. The molecular weight excluding hydrogens is 398 g/mol. The zero-order chi connectivity index (χ0) is 21.7. The third kappa shape index (κ3) is 4.99. The average Bonchev–Trinajstić information content (AvgIpc) is 3.05. The van der Waals surface area contributed by atoms with Crippen molar-refractivity contribution < 1.29 is 32.4 Å². The Morgan fingerprint density at radius 2 is 1.90 bits per heavy atom. The maximum absolute atomic E-state index is 13.6. The van der Waals surface area contributed by atoms with E-state index in [0.717, 1.165) is 23.8 Å². The summed E-state index contributed by atoms with van der Waals surface area (Å²) in [4.78, 5) is 24.3. The van der Waals surface area contributed by atoms with Crippen LogP contribution in [0.15, 0.2) is 47.0 Å². The molecule has 0 saturated carbocycles. The van der Waals surface area contributed by atoms with E-state index in [1.165, 1.54) is 6.07 Å². The second kappa shape index (κ2) is 9.17. The fraction of sp³-hybridized carbons (Fsp3) is 0.190. The van der Waals surface area contributed by atoms with Crippen LogP contribution in [0, 0.1) is 25.5 Å². The van der Waals surface area contributed by atoms with Crippen LogP contribution in [0.5, 0.6) is 5.75 Å². The molecule has 0 saturated heterocycles. The Morgan fingerprint density at radius 1 is 1.13 bits per heavy atom. The quantitative estimate of drug-likeness (QED) is 0.587. The molecule has 1 heterocycles. The number of ether oxygens (including phenoxy) is 2. The highest BCUT2D eigenvalue weighted by molar-refractivity contribution is 5.96. The van der Waals surface area contributed by atoms with Gasteiger partial charge in [-0.25, -0.2) is 13.6 Å². The Hall–Kier alpha value is -3.75. The van der Waals surface area contributed by atoms with Crippen molar-refractivity contribution in [1.82, 2.24) is 5.16 Å². The first kappa shape index (κ1) is 21.0. The van der Waals surface area contributed by atoms with Gasteiger partial charge in [0.15, 0.2) is 6.61 Å². The van der Waals surface area contributed by atoms with Crippen molar-refractivity contribution in [2.45, 2.75) is 20.5 Å². The number of nitrogens with one attached hydrogen (secondary N) is 1. The number of amides is 1. The van der Waals surface area contributed by atoms with Crippen molar-refractivity contribution in [3.05, 3.63) is 76.7 Å². The molecule has 0 bridgehead atoms. The van der Waals surface area contributed by atoms with Gasteiger partial charge in [0.2, 0.25) is 0 Å². The summed E-state index contributed by atoms with van der Waals surface area (Å²) in [6.45, 7) is 2.96. The molecule has 0 spiro atoms. The molecule has 0 atom stereocenters. The third-order valence-corrected chi connectivity index (χ3v) is 4.20. The van der Waals surface area contributed by atoms with Gasteiger partial charge >= 0.3 is 5.97 Å². The molecular formula is C21H18F2N2O5. The van der Waals surface area contributed by atoms with Crippen LogP contribution in [-0.4, -0.2) is 23.6 Å². The number of hydrogen-bond acceptors (Lipinski definition) is 6. The number of carbonyl (C=O) groups is 2.